The second kappa shape index (κ2) is 8.36. The zero-order valence-electron chi connectivity index (χ0n) is 16.9. The Morgan fingerprint density at radius 3 is 2.28 bits per heavy atom. The van der Waals surface area contributed by atoms with Crippen LogP contribution in [0, 0.1) is 0 Å². The Kier molecular flexibility index (Phi) is 5.25. The lowest BCUT2D eigenvalue weighted by molar-refractivity contribution is -0.113. The molecule has 0 unspecified atom stereocenters. The lowest BCUT2D eigenvalue weighted by atomic mass is 10.1. The average Bonchev–Trinajstić information content (AvgIpc) is 3.41. The van der Waals surface area contributed by atoms with Gasteiger partial charge in [0.25, 0.3) is 5.91 Å². The summed E-state index contributed by atoms with van der Waals surface area (Å²) >= 11 is 3.44. The van der Waals surface area contributed by atoms with Crippen molar-refractivity contribution in [2.24, 2.45) is 0 Å². The molecule has 2 heterocycles. The maximum atomic E-state index is 13.4. The van der Waals surface area contributed by atoms with Crippen LogP contribution in [0.5, 0.6) is 5.75 Å². The highest BCUT2D eigenvalue weighted by molar-refractivity contribution is 9.10. The van der Waals surface area contributed by atoms with E-state index in [4.69, 9.17) is 4.42 Å². The molecule has 0 saturated heterocycles. The van der Waals surface area contributed by atoms with Crippen molar-refractivity contribution in [1.82, 2.24) is 0 Å². The molecule has 4 aromatic rings. The molecule has 32 heavy (non-hydrogen) atoms. The van der Waals surface area contributed by atoms with Crippen molar-refractivity contribution in [3.05, 3.63) is 118 Å². The van der Waals surface area contributed by atoms with Crippen LogP contribution in [0.1, 0.15) is 11.3 Å². The van der Waals surface area contributed by atoms with Gasteiger partial charge in [0.2, 0.25) is 0 Å². The van der Waals surface area contributed by atoms with E-state index in [-0.39, 0.29) is 11.7 Å². The number of aromatic hydroxyl groups is 1. The van der Waals surface area contributed by atoms with Crippen LogP contribution < -0.4 is 4.90 Å². The van der Waals surface area contributed by atoms with E-state index >= 15 is 0 Å². The molecule has 0 fully saturated rings. The number of hydrogen-bond acceptors (Lipinski definition) is 3. The molecule has 0 aliphatic carbocycles. The van der Waals surface area contributed by atoms with Gasteiger partial charge >= 0.3 is 0 Å². The van der Waals surface area contributed by atoms with Crippen molar-refractivity contribution < 1.29 is 14.3 Å². The minimum absolute atomic E-state index is 0.0412. The Balaban J connectivity index is 1.55. The number of anilines is 1. The lowest BCUT2D eigenvalue weighted by Crippen LogP contribution is -2.25. The Hall–Kier alpha value is -3.83. The molecular weight excluding hydrogens is 466 g/mol. The molecule has 0 saturated carbocycles. The van der Waals surface area contributed by atoms with Crippen LogP contribution in [0.3, 0.4) is 0 Å². The van der Waals surface area contributed by atoms with Gasteiger partial charge in [-0.2, -0.15) is 0 Å². The van der Waals surface area contributed by atoms with Gasteiger partial charge < -0.3 is 9.52 Å². The predicted molar refractivity (Wildman–Crippen MR) is 130 cm³/mol. The Morgan fingerprint density at radius 2 is 1.53 bits per heavy atom. The van der Waals surface area contributed by atoms with Gasteiger partial charge in [-0.25, -0.2) is 0 Å². The van der Waals surface area contributed by atoms with Crippen LogP contribution in [0.25, 0.3) is 23.1 Å². The van der Waals surface area contributed by atoms with E-state index in [1.807, 2.05) is 72.8 Å². The number of benzene rings is 3. The first-order valence-electron chi connectivity index (χ1n) is 10.1. The number of nitrogens with zero attached hydrogens (tertiary/aromatic N) is 1. The Morgan fingerprint density at radius 1 is 0.812 bits per heavy atom. The van der Waals surface area contributed by atoms with E-state index in [9.17, 15) is 9.90 Å². The Labute approximate surface area is 193 Å². The number of halogens is 1. The summed E-state index contributed by atoms with van der Waals surface area (Å²) in [5, 5.41) is 10.4. The van der Waals surface area contributed by atoms with Gasteiger partial charge in [0.1, 0.15) is 17.3 Å². The molecule has 0 bridgehead atoms. The summed E-state index contributed by atoms with van der Waals surface area (Å²) in [7, 11) is 0. The second-order valence-corrected chi connectivity index (χ2v) is 8.25. The zero-order chi connectivity index (χ0) is 22.1. The third kappa shape index (κ3) is 3.79. The normalized spacial score (nSPS) is 14.8. The minimum Gasteiger partial charge on any atom is -0.506 e. The molecule has 1 aliphatic heterocycles. The maximum absolute atomic E-state index is 13.4. The molecular formula is C27H18BrNO3. The van der Waals surface area contributed by atoms with Gasteiger partial charge in [0.05, 0.1) is 11.4 Å². The standard InChI is InChI=1S/C27H18BrNO3/c28-21-12-10-19(11-13-21)26-15-14-22(32-26)16-20-17-24(18-6-2-1-3-7-18)29(27(20)31)23-8-4-5-9-25(23)30/h1-17,30H/b20-16-. The monoisotopic (exact) mass is 483 g/mol. The van der Waals surface area contributed by atoms with Gasteiger partial charge in [-0.3, -0.25) is 9.69 Å². The lowest BCUT2D eigenvalue weighted by Gasteiger charge is -2.21. The largest absolute Gasteiger partial charge is 0.506 e. The number of amides is 1. The van der Waals surface area contributed by atoms with E-state index in [1.165, 1.54) is 4.90 Å². The quantitative estimate of drug-likeness (QED) is 0.321. The number of para-hydroxylation sites is 2. The first kappa shape index (κ1) is 20.1. The smallest absolute Gasteiger partial charge is 0.263 e. The number of carbonyl (C=O) groups excluding carboxylic acids is 1. The average molecular weight is 484 g/mol. The molecule has 156 valence electrons. The van der Waals surface area contributed by atoms with Gasteiger partial charge in [-0.05, 0) is 54.1 Å². The predicted octanol–water partition coefficient (Wildman–Crippen LogP) is 6.89. The number of phenols is 1. The fourth-order valence-electron chi connectivity index (χ4n) is 3.68. The van der Waals surface area contributed by atoms with E-state index in [0.29, 0.717) is 22.7 Å². The van der Waals surface area contributed by atoms with Crippen LogP contribution in [-0.2, 0) is 4.79 Å². The summed E-state index contributed by atoms with van der Waals surface area (Å²) in [4.78, 5) is 14.9. The highest BCUT2D eigenvalue weighted by Gasteiger charge is 2.32. The summed E-state index contributed by atoms with van der Waals surface area (Å²) in [6.07, 6.45) is 3.56. The molecule has 5 rings (SSSR count). The van der Waals surface area contributed by atoms with Gasteiger partial charge in [0.15, 0.2) is 0 Å². The minimum atomic E-state index is -0.230. The summed E-state index contributed by atoms with van der Waals surface area (Å²) in [5.74, 6) is 1.11. The molecule has 4 nitrogen and oxygen atoms in total. The first-order chi connectivity index (χ1) is 15.6. The van der Waals surface area contributed by atoms with Crippen molar-refractivity contribution in [2.75, 3.05) is 4.90 Å². The third-order valence-corrected chi connectivity index (χ3v) is 5.76. The highest BCUT2D eigenvalue weighted by atomic mass is 79.9. The fraction of sp³-hybridized carbons (Fsp3) is 0. The molecule has 3 aromatic carbocycles. The van der Waals surface area contributed by atoms with Crippen LogP contribution in [0.2, 0.25) is 0 Å². The topological polar surface area (TPSA) is 53.7 Å². The first-order valence-corrected chi connectivity index (χ1v) is 10.9. The number of carbonyl (C=O) groups is 1. The van der Waals surface area contributed by atoms with E-state index in [0.717, 1.165) is 21.4 Å². The summed E-state index contributed by atoms with van der Waals surface area (Å²) in [6, 6.07) is 28.0. The number of furan rings is 1. The van der Waals surface area contributed by atoms with Crippen LogP contribution in [0.4, 0.5) is 5.69 Å². The SMILES string of the molecule is O=C1/C(=C\c2ccc(-c3ccc(Br)cc3)o2)C=C(c2ccccc2)N1c1ccccc1O. The van der Waals surface area contributed by atoms with Crippen molar-refractivity contribution in [1.29, 1.82) is 0 Å². The van der Waals surface area contributed by atoms with E-state index < -0.39 is 0 Å². The van der Waals surface area contributed by atoms with Crippen molar-refractivity contribution in [3.8, 4) is 17.1 Å². The zero-order valence-corrected chi connectivity index (χ0v) is 18.5. The third-order valence-electron chi connectivity index (χ3n) is 5.23. The number of rotatable bonds is 4. The molecule has 0 radical (unpaired) electrons. The van der Waals surface area contributed by atoms with Crippen LogP contribution in [-0.4, -0.2) is 11.0 Å². The molecule has 1 aromatic heterocycles. The highest BCUT2D eigenvalue weighted by Crippen LogP contribution is 2.39. The summed E-state index contributed by atoms with van der Waals surface area (Å²) < 4.78 is 6.98. The van der Waals surface area contributed by atoms with E-state index in [1.54, 1.807) is 30.3 Å². The van der Waals surface area contributed by atoms with Crippen LogP contribution >= 0.6 is 15.9 Å². The van der Waals surface area contributed by atoms with Crippen LogP contribution in [0.15, 0.2) is 112 Å². The van der Waals surface area contributed by atoms with Gasteiger partial charge in [0, 0.05) is 15.6 Å². The number of phenolic OH excluding ortho intramolecular Hbond substituents is 1. The summed E-state index contributed by atoms with van der Waals surface area (Å²) in [6.45, 7) is 0. The van der Waals surface area contributed by atoms with Gasteiger partial charge in [-0.1, -0.05) is 70.5 Å². The Bertz CT molecular complexity index is 1350. The molecule has 0 atom stereocenters. The fourth-order valence-corrected chi connectivity index (χ4v) is 3.95. The molecule has 1 aliphatic rings. The van der Waals surface area contributed by atoms with E-state index in [2.05, 4.69) is 15.9 Å². The molecule has 1 amide bonds. The van der Waals surface area contributed by atoms with Crippen molar-refractivity contribution >= 4 is 39.3 Å². The van der Waals surface area contributed by atoms with Crippen molar-refractivity contribution in [2.45, 2.75) is 0 Å². The van der Waals surface area contributed by atoms with Crippen molar-refractivity contribution in [3.63, 3.8) is 0 Å². The second-order valence-electron chi connectivity index (χ2n) is 7.33. The maximum Gasteiger partial charge on any atom is 0.263 e. The van der Waals surface area contributed by atoms with Gasteiger partial charge in [-0.15, -0.1) is 0 Å². The number of hydrogen-bond donors (Lipinski definition) is 1. The molecule has 5 heteroatoms. The molecule has 1 N–H and O–H groups in total. The molecule has 0 spiro atoms. The summed E-state index contributed by atoms with van der Waals surface area (Å²) in [5.41, 5.74) is 3.44.